The van der Waals surface area contributed by atoms with Gasteiger partial charge in [0.2, 0.25) is 0 Å². The highest BCUT2D eigenvalue weighted by Crippen LogP contribution is 2.29. The van der Waals surface area contributed by atoms with Crippen LogP contribution in [0.2, 0.25) is 0 Å². The summed E-state index contributed by atoms with van der Waals surface area (Å²) in [4.78, 5) is 0. The van der Waals surface area contributed by atoms with Crippen molar-refractivity contribution in [2.75, 3.05) is 0 Å². The molecule has 1 aromatic heterocycles. The monoisotopic (exact) mass is 283 g/mol. The number of nitrogens with one attached hydrogen (secondary N) is 1. The van der Waals surface area contributed by atoms with Gasteiger partial charge in [0.25, 0.3) is 0 Å². The van der Waals surface area contributed by atoms with Gasteiger partial charge in [0.15, 0.2) is 0 Å². The molecule has 0 bridgehead atoms. The third-order valence-corrected chi connectivity index (χ3v) is 4.73. The molecule has 3 atom stereocenters. The van der Waals surface area contributed by atoms with E-state index in [4.69, 9.17) is 0 Å². The number of para-hydroxylation sites is 1. The molecule has 3 rings (SSSR count). The lowest BCUT2D eigenvalue weighted by Gasteiger charge is -2.33. The van der Waals surface area contributed by atoms with Crippen molar-refractivity contribution >= 4 is 0 Å². The molecule has 1 aliphatic rings. The van der Waals surface area contributed by atoms with Gasteiger partial charge in [-0.1, -0.05) is 32.0 Å². The van der Waals surface area contributed by atoms with Crippen LogP contribution in [0.5, 0.6) is 0 Å². The Kier molecular flexibility index (Phi) is 4.39. The average molecular weight is 283 g/mol. The first-order chi connectivity index (χ1) is 10.2. The van der Waals surface area contributed by atoms with Crippen molar-refractivity contribution in [1.82, 2.24) is 15.1 Å². The van der Waals surface area contributed by atoms with Crippen LogP contribution in [0, 0.1) is 11.8 Å². The zero-order valence-corrected chi connectivity index (χ0v) is 13.0. The fraction of sp³-hybridized carbons (Fsp3) is 0.500. The highest BCUT2D eigenvalue weighted by Gasteiger charge is 2.24. The van der Waals surface area contributed by atoms with Crippen molar-refractivity contribution in [2.45, 2.75) is 45.7 Å². The molecule has 21 heavy (non-hydrogen) atoms. The van der Waals surface area contributed by atoms with Gasteiger partial charge in [0.05, 0.1) is 5.69 Å². The van der Waals surface area contributed by atoms with E-state index >= 15 is 0 Å². The SMILES string of the molecule is CC1CCC(NCc2ccccc2-n2cccn2)C(C)C1. The van der Waals surface area contributed by atoms with Crippen LogP contribution < -0.4 is 5.32 Å². The second-order valence-corrected chi connectivity index (χ2v) is 6.46. The number of aromatic nitrogens is 2. The minimum atomic E-state index is 0.645. The molecule has 3 unspecified atom stereocenters. The number of rotatable bonds is 4. The summed E-state index contributed by atoms with van der Waals surface area (Å²) in [6, 6.07) is 11.1. The van der Waals surface area contributed by atoms with Crippen LogP contribution in [0.3, 0.4) is 0 Å². The number of hydrogen-bond acceptors (Lipinski definition) is 2. The van der Waals surface area contributed by atoms with E-state index in [-0.39, 0.29) is 0 Å². The van der Waals surface area contributed by atoms with Gasteiger partial charge >= 0.3 is 0 Å². The van der Waals surface area contributed by atoms with Gasteiger partial charge in [-0.3, -0.25) is 0 Å². The first kappa shape index (κ1) is 14.3. The summed E-state index contributed by atoms with van der Waals surface area (Å²) in [5.74, 6) is 1.65. The summed E-state index contributed by atoms with van der Waals surface area (Å²) in [5, 5.41) is 8.13. The lowest BCUT2D eigenvalue weighted by molar-refractivity contribution is 0.227. The second kappa shape index (κ2) is 6.44. The Bertz CT molecular complexity index is 562. The van der Waals surface area contributed by atoms with Crippen molar-refractivity contribution in [3.05, 3.63) is 48.3 Å². The first-order valence-electron chi connectivity index (χ1n) is 8.05. The van der Waals surface area contributed by atoms with E-state index in [0.717, 1.165) is 18.4 Å². The maximum absolute atomic E-state index is 4.36. The smallest absolute Gasteiger partial charge is 0.0690 e. The minimum absolute atomic E-state index is 0.645. The third kappa shape index (κ3) is 3.35. The van der Waals surface area contributed by atoms with Gasteiger partial charge in [0.1, 0.15) is 0 Å². The highest BCUT2D eigenvalue weighted by atomic mass is 15.3. The lowest BCUT2D eigenvalue weighted by Crippen LogP contribution is -2.38. The summed E-state index contributed by atoms with van der Waals surface area (Å²) in [7, 11) is 0. The summed E-state index contributed by atoms with van der Waals surface area (Å²) < 4.78 is 1.95. The van der Waals surface area contributed by atoms with Crippen molar-refractivity contribution in [3.63, 3.8) is 0 Å². The summed E-state index contributed by atoms with van der Waals surface area (Å²) in [6.45, 7) is 5.67. The summed E-state index contributed by atoms with van der Waals surface area (Å²) in [6.07, 6.45) is 7.83. The van der Waals surface area contributed by atoms with Crippen LogP contribution in [0.25, 0.3) is 5.69 Å². The quantitative estimate of drug-likeness (QED) is 0.925. The molecule has 0 saturated heterocycles. The number of hydrogen-bond donors (Lipinski definition) is 1. The van der Waals surface area contributed by atoms with Gasteiger partial charge < -0.3 is 5.32 Å². The zero-order chi connectivity index (χ0) is 14.7. The van der Waals surface area contributed by atoms with E-state index in [2.05, 4.69) is 48.5 Å². The van der Waals surface area contributed by atoms with Crippen LogP contribution >= 0.6 is 0 Å². The summed E-state index contributed by atoms with van der Waals surface area (Å²) in [5.41, 5.74) is 2.49. The van der Waals surface area contributed by atoms with E-state index in [1.165, 1.54) is 30.5 Å². The van der Waals surface area contributed by atoms with E-state index in [1.807, 2.05) is 23.1 Å². The van der Waals surface area contributed by atoms with E-state index in [0.29, 0.717) is 6.04 Å². The van der Waals surface area contributed by atoms with Crippen molar-refractivity contribution in [1.29, 1.82) is 0 Å². The Balaban J connectivity index is 1.68. The van der Waals surface area contributed by atoms with Gasteiger partial charge in [-0.2, -0.15) is 5.10 Å². The van der Waals surface area contributed by atoms with Gasteiger partial charge in [-0.05, 0) is 48.8 Å². The topological polar surface area (TPSA) is 29.9 Å². The molecule has 1 heterocycles. The van der Waals surface area contributed by atoms with Crippen LogP contribution in [-0.4, -0.2) is 15.8 Å². The Morgan fingerprint density at radius 2 is 2.05 bits per heavy atom. The van der Waals surface area contributed by atoms with Gasteiger partial charge in [-0.15, -0.1) is 0 Å². The maximum Gasteiger partial charge on any atom is 0.0690 e. The Hall–Kier alpha value is -1.61. The molecular formula is C18H25N3. The van der Waals surface area contributed by atoms with Gasteiger partial charge in [0, 0.05) is 25.0 Å². The van der Waals surface area contributed by atoms with E-state index in [9.17, 15) is 0 Å². The minimum Gasteiger partial charge on any atom is -0.310 e. The molecule has 1 saturated carbocycles. The van der Waals surface area contributed by atoms with Crippen molar-refractivity contribution < 1.29 is 0 Å². The molecule has 1 aliphatic carbocycles. The molecule has 0 radical (unpaired) electrons. The molecule has 0 aliphatic heterocycles. The van der Waals surface area contributed by atoms with Crippen molar-refractivity contribution in [3.8, 4) is 5.69 Å². The molecule has 1 N–H and O–H groups in total. The van der Waals surface area contributed by atoms with Crippen LogP contribution in [-0.2, 0) is 6.54 Å². The maximum atomic E-state index is 4.36. The van der Waals surface area contributed by atoms with Crippen molar-refractivity contribution in [2.24, 2.45) is 11.8 Å². The molecule has 3 heteroatoms. The molecule has 3 nitrogen and oxygen atoms in total. The molecule has 2 aromatic rings. The van der Waals surface area contributed by atoms with Crippen LogP contribution in [0.4, 0.5) is 0 Å². The normalized spacial score (nSPS) is 25.9. The van der Waals surface area contributed by atoms with Crippen LogP contribution in [0.1, 0.15) is 38.7 Å². The molecule has 1 fully saturated rings. The Morgan fingerprint density at radius 3 is 2.81 bits per heavy atom. The Morgan fingerprint density at radius 1 is 1.19 bits per heavy atom. The fourth-order valence-corrected chi connectivity index (χ4v) is 3.50. The van der Waals surface area contributed by atoms with E-state index < -0.39 is 0 Å². The average Bonchev–Trinajstić information content (AvgIpc) is 3.01. The second-order valence-electron chi connectivity index (χ2n) is 6.46. The molecule has 0 amide bonds. The van der Waals surface area contributed by atoms with Gasteiger partial charge in [-0.25, -0.2) is 4.68 Å². The predicted octanol–water partition coefficient (Wildman–Crippen LogP) is 3.79. The molecule has 0 spiro atoms. The third-order valence-electron chi connectivity index (χ3n) is 4.73. The molecule has 1 aromatic carbocycles. The number of benzene rings is 1. The first-order valence-corrected chi connectivity index (χ1v) is 8.05. The number of nitrogens with zero attached hydrogens (tertiary/aromatic N) is 2. The predicted molar refractivity (Wildman–Crippen MR) is 86.4 cm³/mol. The largest absolute Gasteiger partial charge is 0.310 e. The highest BCUT2D eigenvalue weighted by molar-refractivity contribution is 5.40. The lowest BCUT2D eigenvalue weighted by atomic mass is 9.80. The Labute approximate surface area is 127 Å². The fourth-order valence-electron chi connectivity index (χ4n) is 3.50. The van der Waals surface area contributed by atoms with Crippen LogP contribution in [0.15, 0.2) is 42.7 Å². The summed E-state index contributed by atoms with van der Waals surface area (Å²) >= 11 is 0. The van der Waals surface area contributed by atoms with E-state index in [1.54, 1.807) is 0 Å². The standard InChI is InChI=1S/C18H25N3/c1-14-8-9-17(15(2)12-14)19-13-16-6-3-4-7-18(16)21-11-5-10-20-21/h3-7,10-11,14-15,17,19H,8-9,12-13H2,1-2H3. The molecular weight excluding hydrogens is 258 g/mol. The zero-order valence-electron chi connectivity index (χ0n) is 13.0. The molecule has 112 valence electrons.